The van der Waals surface area contributed by atoms with E-state index in [1.165, 1.54) is 0 Å². The van der Waals surface area contributed by atoms with Gasteiger partial charge in [0.05, 0.1) is 6.61 Å². The van der Waals surface area contributed by atoms with Crippen molar-refractivity contribution in [2.24, 2.45) is 4.99 Å². The fourth-order valence-electron chi connectivity index (χ4n) is 4.11. The van der Waals surface area contributed by atoms with Gasteiger partial charge < -0.3 is 19.9 Å². The van der Waals surface area contributed by atoms with Crippen LogP contribution < -0.4 is 10.1 Å². The van der Waals surface area contributed by atoms with Crippen LogP contribution in [0.2, 0.25) is 5.02 Å². The lowest BCUT2D eigenvalue weighted by Crippen LogP contribution is -2.50. The van der Waals surface area contributed by atoms with Crippen LogP contribution in [-0.2, 0) is 16.1 Å². The minimum atomic E-state index is -1.13. The molecule has 1 aliphatic heterocycles. The van der Waals surface area contributed by atoms with Crippen LogP contribution in [0.3, 0.4) is 0 Å². The first-order chi connectivity index (χ1) is 18.0. The van der Waals surface area contributed by atoms with Crippen LogP contribution in [0, 0.1) is 0 Å². The molecule has 0 aromatic heterocycles. The van der Waals surface area contributed by atoms with Gasteiger partial charge in [0.15, 0.2) is 5.54 Å². The number of aliphatic hydroxyl groups excluding tert-OH is 1. The van der Waals surface area contributed by atoms with E-state index in [0.717, 1.165) is 16.7 Å². The van der Waals surface area contributed by atoms with Gasteiger partial charge in [-0.05, 0) is 54.4 Å². The second kappa shape index (κ2) is 12.6. The van der Waals surface area contributed by atoms with Crippen molar-refractivity contribution in [3.05, 3.63) is 107 Å². The summed E-state index contributed by atoms with van der Waals surface area (Å²) in [4.78, 5) is 18.5. The van der Waals surface area contributed by atoms with Crippen molar-refractivity contribution in [2.75, 3.05) is 13.2 Å². The summed E-state index contributed by atoms with van der Waals surface area (Å²) >= 11 is 6.11. The van der Waals surface area contributed by atoms with Crippen LogP contribution in [0.1, 0.15) is 36.5 Å². The van der Waals surface area contributed by atoms with Gasteiger partial charge in [0.1, 0.15) is 11.9 Å². The molecule has 0 unspecified atom stereocenters. The summed E-state index contributed by atoms with van der Waals surface area (Å²) in [5.74, 6) is 0.900. The quantitative estimate of drug-likeness (QED) is 0.332. The zero-order chi connectivity index (χ0) is 26.1. The molecule has 1 aliphatic rings. The third-order valence-corrected chi connectivity index (χ3v) is 6.44. The van der Waals surface area contributed by atoms with E-state index in [-0.39, 0.29) is 12.5 Å². The number of hydrogen-bond acceptors (Lipinski definition) is 5. The van der Waals surface area contributed by atoms with Crippen molar-refractivity contribution < 1.29 is 19.4 Å². The molecule has 1 heterocycles. The highest BCUT2D eigenvalue weighted by atomic mass is 35.5. The number of carbonyl (C=O) groups is 1. The molecule has 6 nitrogen and oxygen atoms in total. The number of aliphatic imine (C=N–C) groups is 1. The molecule has 3 aromatic carbocycles. The van der Waals surface area contributed by atoms with Gasteiger partial charge in [-0.25, -0.2) is 4.99 Å². The van der Waals surface area contributed by atoms with E-state index in [9.17, 15) is 4.79 Å². The molecular formula is C30H31ClN2O4. The average molecular weight is 519 g/mol. The van der Waals surface area contributed by atoms with E-state index in [4.69, 9.17) is 31.2 Å². The van der Waals surface area contributed by atoms with E-state index >= 15 is 0 Å². The fourth-order valence-corrected chi connectivity index (χ4v) is 4.32. The van der Waals surface area contributed by atoms with Gasteiger partial charge in [0, 0.05) is 36.6 Å². The summed E-state index contributed by atoms with van der Waals surface area (Å²) in [7, 11) is 0. The molecule has 1 amide bonds. The summed E-state index contributed by atoms with van der Waals surface area (Å²) in [5.41, 5.74) is 1.58. The normalized spacial score (nSPS) is 18.9. The largest absolute Gasteiger partial charge is 0.494 e. The van der Waals surface area contributed by atoms with Crippen LogP contribution in [0.5, 0.6) is 5.75 Å². The molecular weight excluding hydrogens is 488 g/mol. The van der Waals surface area contributed by atoms with E-state index in [2.05, 4.69) is 5.32 Å². The van der Waals surface area contributed by atoms with Crippen LogP contribution in [0.4, 0.5) is 0 Å². The van der Waals surface area contributed by atoms with Gasteiger partial charge in [0.2, 0.25) is 5.90 Å². The van der Waals surface area contributed by atoms with Crippen molar-refractivity contribution in [2.45, 2.75) is 38.0 Å². The Morgan fingerprint density at radius 2 is 1.92 bits per heavy atom. The monoisotopic (exact) mass is 518 g/mol. The number of hydrogen-bond donors (Lipinski definition) is 2. The van der Waals surface area contributed by atoms with Gasteiger partial charge in [-0.15, -0.1) is 0 Å². The predicted octanol–water partition coefficient (Wildman–Crippen LogP) is 5.43. The summed E-state index contributed by atoms with van der Waals surface area (Å²) in [6.07, 6.45) is 4.42. The van der Waals surface area contributed by atoms with E-state index in [1.54, 1.807) is 6.07 Å². The highest BCUT2D eigenvalue weighted by molar-refractivity contribution is 6.30. The van der Waals surface area contributed by atoms with Crippen molar-refractivity contribution in [3.63, 3.8) is 0 Å². The molecule has 2 N–H and O–H groups in total. The Morgan fingerprint density at radius 3 is 2.65 bits per heavy atom. The van der Waals surface area contributed by atoms with Crippen molar-refractivity contribution in [3.8, 4) is 5.75 Å². The highest BCUT2D eigenvalue weighted by Gasteiger charge is 2.49. The maximum atomic E-state index is 13.7. The number of benzene rings is 3. The molecule has 2 atom stereocenters. The topological polar surface area (TPSA) is 80.2 Å². The van der Waals surface area contributed by atoms with E-state index in [1.807, 2.05) is 91.9 Å². The van der Waals surface area contributed by atoms with Crippen LogP contribution >= 0.6 is 11.6 Å². The minimum Gasteiger partial charge on any atom is -0.494 e. The molecule has 192 valence electrons. The van der Waals surface area contributed by atoms with Crippen LogP contribution in [-0.4, -0.2) is 41.8 Å². The number of carbonyl (C=O) groups excluding carboxylic acids is 1. The molecule has 0 saturated heterocycles. The second-order valence-electron chi connectivity index (χ2n) is 8.88. The third kappa shape index (κ3) is 6.79. The van der Waals surface area contributed by atoms with Crippen molar-refractivity contribution in [1.29, 1.82) is 0 Å². The molecule has 0 radical (unpaired) electrons. The number of nitrogens with one attached hydrogen (secondary N) is 1. The maximum Gasteiger partial charge on any atom is 0.252 e. The lowest BCUT2D eigenvalue weighted by atomic mass is 9.88. The van der Waals surface area contributed by atoms with Gasteiger partial charge in [-0.3, -0.25) is 4.79 Å². The molecule has 0 spiro atoms. The zero-order valence-corrected chi connectivity index (χ0v) is 21.5. The molecule has 3 aromatic rings. The van der Waals surface area contributed by atoms with Crippen LogP contribution in [0.15, 0.2) is 89.9 Å². The molecule has 37 heavy (non-hydrogen) atoms. The Kier molecular flexibility index (Phi) is 8.99. The minimum absolute atomic E-state index is 0.0841. The van der Waals surface area contributed by atoms with E-state index in [0.29, 0.717) is 42.7 Å². The number of amides is 1. The Labute approximate surface area is 222 Å². The Bertz CT molecular complexity index is 1240. The predicted molar refractivity (Wildman–Crippen MR) is 147 cm³/mol. The summed E-state index contributed by atoms with van der Waals surface area (Å²) in [5, 5.41) is 12.6. The van der Waals surface area contributed by atoms with Gasteiger partial charge in [-0.2, -0.15) is 0 Å². The van der Waals surface area contributed by atoms with Crippen molar-refractivity contribution in [1.82, 2.24) is 5.32 Å². The SMILES string of the molecule is C[C@H]1OC(c2ccc(OCCCO)cc2)=N[C@@]1(C/C=C/c1ccccc1)C(=O)NCc1cccc(Cl)c1. The molecule has 0 saturated carbocycles. The van der Waals surface area contributed by atoms with Crippen molar-refractivity contribution >= 4 is 29.5 Å². The number of aliphatic hydroxyl groups is 1. The summed E-state index contributed by atoms with van der Waals surface area (Å²) in [6.45, 7) is 2.73. The lowest BCUT2D eigenvalue weighted by molar-refractivity contribution is -0.128. The summed E-state index contributed by atoms with van der Waals surface area (Å²) in [6, 6.07) is 24.7. The maximum absolute atomic E-state index is 13.7. The fraction of sp³-hybridized carbons (Fsp3) is 0.267. The van der Waals surface area contributed by atoms with Gasteiger partial charge >= 0.3 is 0 Å². The molecule has 0 aliphatic carbocycles. The molecule has 4 rings (SSSR count). The summed E-state index contributed by atoms with van der Waals surface area (Å²) < 4.78 is 11.8. The number of halogens is 1. The highest BCUT2D eigenvalue weighted by Crippen LogP contribution is 2.33. The molecule has 7 heteroatoms. The zero-order valence-electron chi connectivity index (χ0n) is 20.8. The standard InChI is InChI=1S/C30H31ClN2O4/c1-22-30(17-6-11-23-8-3-2-4-9-23,29(35)32-21-24-10-5-12-26(31)20-24)33-28(37-22)25-13-15-27(16-14-25)36-19-7-18-34/h2-6,8-16,20,22,34H,7,17-19,21H2,1H3,(H,32,35)/b11-6+/t22-,30-/m1/s1. The first kappa shape index (κ1) is 26.5. The van der Waals surface area contributed by atoms with Crippen LogP contribution in [0.25, 0.3) is 6.08 Å². The smallest absolute Gasteiger partial charge is 0.252 e. The Balaban J connectivity index is 1.57. The van der Waals surface area contributed by atoms with Gasteiger partial charge in [-0.1, -0.05) is 66.2 Å². The Morgan fingerprint density at radius 1 is 1.14 bits per heavy atom. The lowest BCUT2D eigenvalue weighted by Gasteiger charge is -2.27. The second-order valence-corrected chi connectivity index (χ2v) is 9.32. The number of ether oxygens (including phenoxy) is 2. The number of rotatable bonds is 11. The Hall–Kier alpha value is -3.61. The van der Waals surface area contributed by atoms with Gasteiger partial charge in [0.25, 0.3) is 5.91 Å². The van der Waals surface area contributed by atoms with E-state index < -0.39 is 11.6 Å². The first-order valence-electron chi connectivity index (χ1n) is 12.3. The molecule has 0 bridgehead atoms. The number of nitrogens with zero attached hydrogens (tertiary/aromatic N) is 1. The average Bonchev–Trinajstić information content (AvgIpc) is 3.25. The molecule has 0 fully saturated rings. The first-order valence-corrected chi connectivity index (χ1v) is 12.7. The third-order valence-electron chi connectivity index (χ3n) is 6.21.